The Kier molecular flexibility index (Phi) is 15.3. The normalized spacial score (nSPS) is 20.2. The van der Waals surface area contributed by atoms with Crippen molar-refractivity contribution in [1.82, 2.24) is 0 Å². The second-order valence-electron chi connectivity index (χ2n) is 9.66. The Balaban J connectivity index is 0.000000228. The molecule has 0 radical (unpaired) electrons. The van der Waals surface area contributed by atoms with Crippen LogP contribution in [0.15, 0.2) is 60.7 Å². The van der Waals surface area contributed by atoms with Crippen LogP contribution in [-0.2, 0) is 16.5 Å². The SMILES string of the molecule is C1CCC([PH+](C2CCCCC2)C2CCCCC2)CC1.[Ni+2].[c-]1ccccc1.[c-]1ccccc1. The summed E-state index contributed by atoms with van der Waals surface area (Å²) in [6, 6.07) is 25.0. The summed E-state index contributed by atoms with van der Waals surface area (Å²) in [5.41, 5.74) is 3.68. The van der Waals surface area contributed by atoms with E-state index in [-0.39, 0.29) is 24.4 Å². The molecule has 3 aliphatic rings. The molecule has 0 saturated heterocycles. The predicted molar refractivity (Wildman–Crippen MR) is 139 cm³/mol. The number of hydrogen-bond acceptors (Lipinski definition) is 0. The van der Waals surface area contributed by atoms with Gasteiger partial charge in [0.2, 0.25) is 0 Å². The molecule has 2 aromatic carbocycles. The molecule has 0 unspecified atom stereocenters. The van der Waals surface area contributed by atoms with Crippen molar-refractivity contribution in [1.29, 1.82) is 0 Å². The summed E-state index contributed by atoms with van der Waals surface area (Å²) in [6.07, 6.45) is 23.8. The third kappa shape index (κ3) is 10.5. The van der Waals surface area contributed by atoms with Crippen molar-refractivity contribution >= 4 is 7.92 Å². The van der Waals surface area contributed by atoms with E-state index in [2.05, 4.69) is 12.1 Å². The summed E-state index contributed by atoms with van der Waals surface area (Å²) in [6.45, 7) is 0. The van der Waals surface area contributed by atoms with E-state index in [0.29, 0.717) is 0 Å². The smallest absolute Gasteiger partial charge is 0.184 e. The molecule has 0 N–H and O–H groups in total. The molecule has 3 saturated carbocycles. The first-order valence-electron chi connectivity index (χ1n) is 13.1. The molecule has 0 atom stereocenters. The standard InChI is InChI=1S/C18H33P.2C6H5.Ni/c1-4-10-16(11-5-1)19(17-12-6-2-7-13-17)18-14-8-3-9-15-18;2*1-2-4-6-5-3-1;/h16-18H,1-15H2;2*1-5H;/q;2*-1;+2/p+1. The minimum Gasteiger partial charge on any atom is -0.184 e. The molecule has 5 rings (SSSR count). The Bertz CT molecular complexity index is 501. The van der Waals surface area contributed by atoms with Crippen molar-refractivity contribution in [3.8, 4) is 0 Å². The molecule has 178 valence electrons. The Morgan fingerprint density at radius 3 is 0.875 bits per heavy atom. The van der Waals surface area contributed by atoms with Gasteiger partial charge in [-0.1, -0.05) is 19.3 Å². The maximum atomic E-state index is 2.89. The van der Waals surface area contributed by atoms with Gasteiger partial charge in [0.25, 0.3) is 0 Å². The van der Waals surface area contributed by atoms with E-state index >= 15 is 0 Å². The summed E-state index contributed by atoms with van der Waals surface area (Å²) in [5, 5.41) is 0. The molecular formula is C30H44NiP+. The molecule has 3 fully saturated rings. The Hall–Kier alpha value is -0.636. The summed E-state index contributed by atoms with van der Waals surface area (Å²) >= 11 is 0. The zero-order chi connectivity index (χ0) is 21.4. The van der Waals surface area contributed by atoms with Crippen molar-refractivity contribution in [2.24, 2.45) is 0 Å². The Labute approximate surface area is 210 Å². The van der Waals surface area contributed by atoms with E-state index < -0.39 is 0 Å². The zero-order valence-electron chi connectivity index (χ0n) is 19.9. The molecule has 0 amide bonds. The van der Waals surface area contributed by atoms with Crippen LogP contribution in [-0.4, -0.2) is 17.0 Å². The zero-order valence-corrected chi connectivity index (χ0v) is 21.9. The van der Waals surface area contributed by atoms with E-state index in [1.165, 1.54) is 17.0 Å². The van der Waals surface area contributed by atoms with Crippen LogP contribution in [0.2, 0.25) is 0 Å². The topological polar surface area (TPSA) is 0 Å². The molecule has 0 nitrogen and oxygen atoms in total. The predicted octanol–water partition coefficient (Wildman–Crippen LogP) is 9.17. The minimum atomic E-state index is -0.0465. The Morgan fingerprint density at radius 2 is 0.688 bits per heavy atom. The summed E-state index contributed by atoms with van der Waals surface area (Å²) in [4.78, 5) is 0. The van der Waals surface area contributed by atoms with Gasteiger partial charge < -0.3 is 0 Å². The second-order valence-corrected chi connectivity index (χ2v) is 13.1. The van der Waals surface area contributed by atoms with Crippen molar-refractivity contribution in [3.05, 3.63) is 72.8 Å². The molecule has 2 heteroatoms. The monoisotopic (exact) mass is 493 g/mol. The molecular weight excluding hydrogens is 450 g/mol. The van der Waals surface area contributed by atoms with Crippen LogP contribution in [0.25, 0.3) is 0 Å². The van der Waals surface area contributed by atoms with Crippen LogP contribution in [0.4, 0.5) is 0 Å². The van der Waals surface area contributed by atoms with Gasteiger partial charge >= 0.3 is 16.5 Å². The van der Waals surface area contributed by atoms with Gasteiger partial charge in [0.05, 0.1) is 17.0 Å². The van der Waals surface area contributed by atoms with Crippen molar-refractivity contribution in [2.45, 2.75) is 113 Å². The molecule has 0 bridgehead atoms. The van der Waals surface area contributed by atoms with Gasteiger partial charge in [-0.2, -0.15) is 72.8 Å². The van der Waals surface area contributed by atoms with Crippen molar-refractivity contribution < 1.29 is 16.5 Å². The van der Waals surface area contributed by atoms with E-state index in [1.807, 2.05) is 60.7 Å². The van der Waals surface area contributed by atoms with Crippen LogP contribution < -0.4 is 0 Å². The number of rotatable bonds is 3. The number of benzene rings is 2. The average molecular weight is 494 g/mol. The van der Waals surface area contributed by atoms with Gasteiger partial charge in [-0.25, -0.2) is 0 Å². The van der Waals surface area contributed by atoms with Gasteiger partial charge in [-0.15, -0.1) is 0 Å². The first-order valence-corrected chi connectivity index (χ1v) is 14.9. The fourth-order valence-corrected chi connectivity index (χ4v) is 11.2. The Morgan fingerprint density at radius 1 is 0.406 bits per heavy atom. The van der Waals surface area contributed by atoms with E-state index in [1.54, 1.807) is 96.3 Å². The maximum absolute atomic E-state index is 2.89. The van der Waals surface area contributed by atoms with Crippen LogP contribution in [0, 0.1) is 12.1 Å². The van der Waals surface area contributed by atoms with Crippen molar-refractivity contribution in [3.63, 3.8) is 0 Å². The fraction of sp³-hybridized carbons (Fsp3) is 0.600. The first kappa shape index (κ1) is 27.6. The molecule has 2 aromatic rings. The van der Waals surface area contributed by atoms with E-state index in [9.17, 15) is 0 Å². The van der Waals surface area contributed by atoms with Crippen molar-refractivity contribution in [2.75, 3.05) is 0 Å². The van der Waals surface area contributed by atoms with Gasteiger partial charge in [0.15, 0.2) is 0 Å². The van der Waals surface area contributed by atoms with Gasteiger partial charge in [0, 0.05) is 7.92 Å². The largest absolute Gasteiger partial charge is 2.00 e. The van der Waals surface area contributed by atoms with E-state index in [0.717, 1.165) is 0 Å². The average Bonchev–Trinajstić information content (AvgIpc) is 2.89. The molecule has 3 aliphatic carbocycles. The van der Waals surface area contributed by atoms with Crippen LogP contribution in [0.5, 0.6) is 0 Å². The van der Waals surface area contributed by atoms with Crippen LogP contribution in [0.3, 0.4) is 0 Å². The van der Waals surface area contributed by atoms with Gasteiger partial charge in [-0.05, 0) is 77.0 Å². The molecule has 0 aromatic heterocycles. The first-order chi connectivity index (χ1) is 15.4. The minimum absolute atomic E-state index is 0. The summed E-state index contributed by atoms with van der Waals surface area (Å²) in [5.74, 6) is 0. The summed E-state index contributed by atoms with van der Waals surface area (Å²) in [7, 11) is -0.0465. The maximum Gasteiger partial charge on any atom is 2.00 e. The fourth-order valence-electron chi connectivity index (χ4n) is 5.99. The second kappa shape index (κ2) is 17.8. The number of hydrogen-bond donors (Lipinski definition) is 0. The van der Waals surface area contributed by atoms with Gasteiger partial charge in [-0.3, -0.25) is 0 Å². The third-order valence-corrected chi connectivity index (χ3v) is 12.0. The quantitative estimate of drug-likeness (QED) is 0.227. The molecule has 0 aliphatic heterocycles. The van der Waals surface area contributed by atoms with Gasteiger partial charge in [0.1, 0.15) is 0 Å². The van der Waals surface area contributed by atoms with E-state index in [4.69, 9.17) is 0 Å². The summed E-state index contributed by atoms with van der Waals surface area (Å²) < 4.78 is 0. The molecule has 32 heavy (non-hydrogen) atoms. The molecule has 0 spiro atoms. The van der Waals surface area contributed by atoms with Crippen LogP contribution >= 0.6 is 7.92 Å². The molecule has 0 heterocycles. The third-order valence-electron chi connectivity index (χ3n) is 7.44. The van der Waals surface area contributed by atoms with Crippen LogP contribution in [0.1, 0.15) is 96.3 Å².